The molecule has 0 aromatic carbocycles. The Bertz CT molecular complexity index is 1380. The summed E-state index contributed by atoms with van der Waals surface area (Å²) in [4.78, 5) is 38.1. The van der Waals surface area contributed by atoms with Crippen LogP contribution in [0, 0.1) is 0 Å². The molecule has 0 saturated heterocycles. The van der Waals surface area contributed by atoms with Crippen molar-refractivity contribution in [2.24, 2.45) is 0 Å². The minimum Gasteiger partial charge on any atom is -0.462 e. The number of hydrogen-bond acceptors (Lipinski definition) is 6. The lowest BCUT2D eigenvalue weighted by molar-refractivity contribution is -0.167. The summed E-state index contributed by atoms with van der Waals surface area (Å²) in [5, 5.41) is 0. The molecule has 0 fully saturated rings. The van der Waals surface area contributed by atoms with Crippen molar-refractivity contribution in [3.05, 3.63) is 97.2 Å². The van der Waals surface area contributed by atoms with E-state index in [1.54, 1.807) is 0 Å². The van der Waals surface area contributed by atoms with E-state index in [4.69, 9.17) is 14.2 Å². The number of hydrogen-bond donors (Lipinski definition) is 0. The summed E-state index contributed by atoms with van der Waals surface area (Å²) in [7, 11) is 0. The van der Waals surface area contributed by atoms with Gasteiger partial charge in [-0.15, -0.1) is 0 Å². The van der Waals surface area contributed by atoms with Crippen molar-refractivity contribution in [3.8, 4) is 0 Å². The molecule has 0 bridgehead atoms. The first-order valence-corrected chi connectivity index (χ1v) is 28.7. The zero-order chi connectivity index (χ0) is 50.0. The van der Waals surface area contributed by atoms with Gasteiger partial charge < -0.3 is 14.2 Å². The highest BCUT2D eigenvalue weighted by Crippen LogP contribution is 2.16. The van der Waals surface area contributed by atoms with Crippen molar-refractivity contribution in [1.29, 1.82) is 0 Å². The molecule has 6 nitrogen and oxygen atoms in total. The van der Waals surface area contributed by atoms with Gasteiger partial charge in [0.05, 0.1) is 0 Å². The van der Waals surface area contributed by atoms with Crippen LogP contribution in [0.15, 0.2) is 97.2 Å². The molecule has 0 aliphatic heterocycles. The topological polar surface area (TPSA) is 78.9 Å². The summed E-state index contributed by atoms with van der Waals surface area (Å²) >= 11 is 0. The summed E-state index contributed by atoms with van der Waals surface area (Å²) in [6, 6.07) is 0. The van der Waals surface area contributed by atoms with Crippen LogP contribution in [-0.4, -0.2) is 37.2 Å². The van der Waals surface area contributed by atoms with Gasteiger partial charge in [0.2, 0.25) is 0 Å². The van der Waals surface area contributed by atoms with E-state index < -0.39 is 6.10 Å². The Kier molecular flexibility index (Phi) is 53.9. The first-order valence-electron chi connectivity index (χ1n) is 28.7. The molecule has 0 aromatic heterocycles. The standard InChI is InChI=1S/C63H106O6/c1-4-7-10-13-16-19-22-25-28-30-31-33-35-38-41-44-47-50-53-56-62(65)68-59-60(58-67-61(64)55-52-49-46-43-40-37-34-27-24-21-18-15-12-9-6-3)69-63(66)57-54-51-48-45-42-39-36-32-29-26-23-20-17-14-11-8-5-2/h8-9,11-12,17-18,20-21,26-27,29,34,36,39-40,43,60H,4-7,10,13-16,19,22-25,28,30-33,35,37-38,41-42,44-59H2,1-3H3/b11-8-,12-9-,20-17-,21-18-,29-26-,34-27-,39-36-,43-40-/t60-/m1/s1. The highest BCUT2D eigenvalue weighted by molar-refractivity contribution is 5.71. The van der Waals surface area contributed by atoms with Gasteiger partial charge in [0.1, 0.15) is 13.2 Å². The second-order valence-corrected chi connectivity index (χ2v) is 18.8. The lowest BCUT2D eigenvalue weighted by Crippen LogP contribution is -2.30. The zero-order valence-corrected chi connectivity index (χ0v) is 45.0. The third-order valence-electron chi connectivity index (χ3n) is 12.1. The fourth-order valence-corrected chi connectivity index (χ4v) is 7.84. The molecule has 0 aromatic rings. The number of esters is 3. The summed E-state index contributed by atoms with van der Waals surface area (Å²) in [6.45, 7) is 6.37. The fourth-order valence-electron chi connectivity index (χ4n) is 7.84. The first-order chi connectivity index (χ1) is 34.0. The Balaban J connectivity index is 4.45. The highest BCUT2D eigenvalue weighted by Gasteiger charge is 2.19. The van der Waals surface area contributed by atoms with Crippen LogP contribution in [-0.2, 0) is 28.6 Å². The van der Waals surface area contributed by atoms with Crippen LogP contribution in [0.3, 0.4) is 0 Å². The second kappa shape index (κ2) is 56.9. The first kappa shape index (κ1) is 65.3. The maximum absolute atomic E-state index is 12.8. The Morgan fingerprint density at radius 3 is 0.913 bits per heavy atom. The van der Waals surface area contributed by atoms with Crippen LogP contribution in [0.25, 0.3) is 0 Å². The molecule has 0 unspecified atom stereocenters. The monoisotopic (exact) mass is 959 g/mol. The average molecular weight is 960 g/mol. The number of unbranched alkanes of at least 4 members (excludes halogenated alkanes) is 24. The Labute approximate surface area is 426 Å². The Hall–Kier alpha value is -3.67. The van der Waals surface area contributed by atoms with Crippen molar-refractivity contribution in [2.45, 2.75) is 271 Å². The predicted octanol–water partition coefficient (Wildman–Crippen LogP) is 19.3. The number of allylic oxidation sites excluding steroid dienone is 16. The summed E-state index contributed by atoms with van der Waals surface area (Å²) < 4.78 is 16.8. The van der Waals surface area contributed by atoms with Crippen LogP contribution in [0.1, 0.15) is 265 Å². The van der Waals surface area contributed by atoms with Crippen molar-refractivity contribution >= 4 is 17.9 Å². The van der Waals surface area contributed by atoms with Crippen molar-refractivity contribution in [1.82, 2.24) is 0 Å². The summed E-state index contributed by atoms with van der Waals surface area (Å²) in [5.74, 6) is -0.962. The van der Waals surface area contributed by atoms with Crippen molar-refractivity contribution in [2.75, 3.05) is 13.2 Å². The third-order valence-corrected chi connectivity index (χ3v) is 12.1. The molecular formula is C63H106O6. The van der Waals surface area contributed by atoms with Gasteiger partial charge in [0, 0.05) is 19.3 Å². The summed E-state index contributed by atoms with van der Waals surface area (Å²) in [5.41, 5.74) is 0. The van der Waals surface area contributed by atoms with Crippen molar-refractivity contribution < 1.29 is 28.6 Å². The average Bonchev–Trinajstić information content (AvgIpc) is 3.35. The van der Waals surface area contributed by atoms with Gasteiger partial charge >= 0.3 is 17.9 Å². The van der Waals surface area contributed by atoms with E-state index in [-0.39, 0.29) is 31.1 Å². The van der Waals surface area contributed by atoms with E-state index in [1.807, 2.05) is 0 Å². The van der Waals surface area contributed by atoms with Crippen LogP contribution < -0.4 is 0 Å². The van der Waals surface area contributed by atoms with E-state index in [0.717, 1.165) is 122 Å². The smallest absolute Gasteiger partial charge is 0.306 e. The molecule has 69 heavy (non-hydrogen) atoms. The molecule has 0 spiro atoms. The number of rotatable bonds is 51. The van der Waals surface area contributed by atoms with E-state index in [2.05, 4.69) is 118 Å². The maximum atomic E-state index is 12.8. The fraction of sp³-hybridized carbons (Fsp3) is 0.698. The van der Waals surface area contributed by atoms with Gasteiger partial charge in [-0.05, 0) is 96.3 Å². The van der Waals surface area contributed by atoms with Crippen LogP contribution in [0.5, 0.6) is 0 Å². The quantitative estimate of drug-likeness (QED) is 0.0262. The van der Waals surface area contributed by atoms with Gasteiger partial charge in [0.15, 0.2) is 6.10 Å². The number of carbonyl (C=O) groups excluding carboxylic acids is 3. The van der Waals surface area contributed by atoms with Crippen LogP contribution in [0.2, 0.25) is 0 Å². The van der Waals surface area contributed by atoms with Gasteiger partial charge in [-0.25, -0.2) is 0 Å². The van der Waals surface area contributed by atoms with Crippen LogP contribution >= 0.6 is 0 Å². The second-order valence-electron chi connectivity index (χ2n) is 18.8. The molecular weight excluding hydrogens is 853 g/mol. The molecule has 0 N–H and O–H groups in total. The molecule has 0 saturated carbocycles. The molecule has 0 aliphatic carbocycles. The Morgan fingerprint density at radius 2 is 0.565 bits per heavy atom. The van der Waals surface area contributed by atoms with E-state index in [1.165, 1.54) is 103 Å². The molecule has 394 valence electrons. The minimum atomic E-state index is -0.807. The van der Waals surface area contributed by atoms with Crippen molar-refractivity contribution in [3.63, 3.8) is 0 Å². The number of ether oxygens (including phenoxy) is 3. The largest absolute Gasteiger partial charge is 0.462 e. The van der Waals surface area contributed by atoms with Gasteiger partial charge in [0.25, 0.3) is 0 Å². The summed E-state index contributed by atoms with van der Waals surface area (Å²) in [6.07, 6.45) is 75.5. The molecule has 0 heterocycles. The van der Waals surface area contributed by atoms with E-state index >= 15 is 0 Å². The molecule has 0 rings (SSSR count). The molecule has 1 atom stereocenters. The third kappa shape index (κ3) is 55.1. The lowest BCUT2D eigenvalue weighted by Gasteiger charge is -2.18. The van der Waals surface area contributed by atoms with E-state index in [9.17, 15) is 14.4 Å². The predicted molar refractivity (Wildman–Crippen MR) is 297 cm³/mol. The van der Waals surface area contributed by atoms with Gasteiger partial charge in [-0.2, -0.15) is 0 Å². The normalized spacial score (nSPS) is 12.8. The van der Waals surface area contributed by atoms with Gasteiger partial charge in [-0.1, -0.05) is 246 Å². The molecule has 6 heteroatoms. The number of carbonyl (C=O) groups is 3. The zero-order valence-electron chi connectivity index (χ0n) is 45.0. The maximum Gasteiger partial charge on any atom is 0.306 e. The lowest BCUT2D eigenvalue weighted by atomic mass is 10.0. The molecule has 0 amide bonds. The van der Waals surface area contributed by atoms with Gasteiger partial charge in [-0.3, -0.25) is 14.4 Å². The Morgan fingerprint density at radius 1 is 0.304 bits per heavy atom. The highest BCUT2D eigenvalue weighted by atomic mass is 16.6. The molecule has 0 aliphatic rings. The SMILES string of the molecule is CC/C=C\C/C=C\C/C=C\C/C=C\CCCCCCC(=O)O[C@H](COC(=O)CCCC/C=C\C/C=C\C/C=C\C/C=C\CC)COC(=O)CCCCCCCCCCCCCCCCCCCCC. The minimum absolute atomic E-state index is 0.0995. The molecule has 0 radical (unpaired) electrons. The van der Waals surface area contributed by atoms with E-state index in [0.29, 0.717) is 19.3 Å². The van der Waals surface area contributed by atoms with Crippen LogP contribution in [0.4, 0.5) is 0 Å².